The average molecular weight is 282 g/mol. The van der Waals surface area contributed by atoms with E-state index in [0.717, 1.165) is 11.3 Å². The highest BCUT2D eigenvalue weighted by Crippen LogP contribution is 2.26. The Morgan fingerprint density at radius 3 is 2.61 bits per heavy atom. The fourth-order valence-corrected chi connectivity index (χ4v) is 2.19. The van der Waals surface area contributed by atoms with Gasteiger partial charge in [0.05, 0.1) is 16.1 Å². The van der Waals surface area contributed by atoms with Gasteiger partial charge in [-0.05, 0) is 23.8 Å². The number of aromatic nitrogens is 1. The van der Waals surface area contributed by atoms with E-state index in [4.69, 9.17) is 23.2 Å². The lowest BCUT2D eigenvalue weighted by atomic mass is 10.0. The Morgan fingerprint density at radius 1 is 1.06 bits per heavy atom. The number of halogens is 2. The zero-order chi connectivity index (χ0) is 13.0. The first kappa shape index (κ1) is 13.3. The highest BCUT2D eigenvalue weighted by atomic mass is 35.5. The summed E-state index contributed by atoms with van der Waals surface area (Å²) in [6, 6.07) is 11.1. The molecule has 0 aliphatic carbocycles. The smallest absolute Gasteiger partial charge is 0.0636 e. The van der Waals surface area contributed by atoms with Crippen LogP contribution in [-0.2, 0) is 12.8 Å². The predicted molar refractivity (Wildman–Crippen MR) is 74.1 cm³/mol. The van der Waals surface area contributed by atoms with Crippen LogP contribution in [0.4, 0.5) is 0 Å². The average Bonchev–Trinajstić information content (AvgIpc) is 2.36. The van der Waals surface area contributed by atoms with Gasteiger partial charge in [-0.25, -0.2) is 0 Å². The molecule has 1 atom stereocenters. The minimum atomic E-state index is -0.518. The lowest BCUT2D eigenvalue weighted by molar-refractivity contribution is 0.174. The molecule has 1 heterocycles. The number of pyridine rings is 1. The summed E-state index contributed by atoms with van der Waals surface area (Å²) >= 11 is 12.0. The van der Waals surface area contributed by atoms with E-state index < -0.39 is 6.10 Å². The maximum atomic E-state index is 10.0. The molecule has 2 nitrogen and oxygen atoms in total. The van der Waals surface area contributed by atoms with Crippen molar-refractivity contribution >= 4 is 23.2 Å². The zero-order valence-corrected chi connectivity index (χ0v) is 11.2. The third-order valence-electron chi connectivity index (χ3n) is 2.66. The van der Waals surface area contributed by atoms with Crippen LogP contribution in [0.5, 0.6) is 0 Å². The van der Waals surface area contributed by atoms with E-state index in [9.17, 15) is 5.11 Å². The van der Waals surface area contributed by atoms with Gasteiger partial charge in [0.25, 0.3) is 0 Å². The molecule has 0 saturated heterocycles. The molecule has 0 aliphatic heterocycles. The molecule has 4 heteroatoms. The van der Waals surface area contributed by atoms with Gasteiger partial charge in [-0.1, -0.05) is 41.4 Å². The van der Waals surface area contributed by atoms with Crippen LogP contribution in [0.1, 0.15) is 11.3 Å². The van der Waals surface area contributed by atoms with Gasteiger partial charge in [-0.2, -0.15) is 0 Å². The number of aliphatic hydroxyl groups excluding tert-OH is 1. The molecule has 1 N–H and O–H groups in total. The van der Waals surface area contributed by atoms with Gasteiger partial charge >= 0.3 is 0 Å². The van der Waals surface area contributed by atoms with Crippen molar-refractivity contribution in [2.45, 2.75) is 18.9 Å². The maximum Gasteiger partial charge on any atom is 0.0636 e. The van der Waals surface area contributed by atoms with Crippen LogP contribution in [0, 0.1) is 0 Å². The predicted octanol–water partition coefficient (Wildman–Crippen LogP) is 3.53. The van der Waals surface area contributed by atoms with Gasteiger partial charge in [0.2, 0.25) is 0 Å². The first-order valence-electron chi connectivity index (χ1n) is 5.67. The fourth-order valence-electron chi connectivity index (χ4n) is 1.79. The van der Waals surface area contributed by atoms with Crippen molar-refractivity contribution in [3.8, 4) is 0 Å². The van der Waals surface area contributed by atoms with Crippen LogP contribution in [-0.4, -0.2) is 16.2 Å². The quantitative estimate of drug-likeness (QED) is 0.930. The van der Waals surface area contributed by atoms with Crippen LogP contribution >= 0.6 is 23.2 Å². The molecule has 0 radical (unpaired) electrons. The molecule has 2 rings (SSSR count). The molecule has 0 fully saturated rings. The summed E-state index contributed by atoms with van der Waals surface area (Å²) in [5.74, 6) is 0. The molecule has 0 spiro atoms. The largest absolute Gasteiger partial charge is 0.392 e. The second-order valence-corrected chi connectivity index (χ2v) is 4.88. The van der Waals surface area contributed by atoms with Gasteiger partial charge in [0.15, 0.2) is 0 Å². The SMILES string of the molecule is OC(Cc1ccccn1)Cc1cccc(Cl)c1Cl. The van der Waals surface area contributed by atoms with Crippen LogP contribution in [0.25, 0.3) is 0 Å². The minimum absolute atomic E-state index is 0.468. The normalized spacial score (nSPS) is 12.4. The van der Waals surface area contributed by atoms with Gasteiger partial charge in [0, 0.05) is 24.7 Å². The molecule has 1 aromatic carbocycles. The van der Waals surface area contributed by atoms with Crippen molar-refractivity contribution in [3.05, 3.63) is 63.9 Å². The van der Waals surface area contributed by atoms with E-state index in [1.807, 2.05) is 30.3 Å². The number of hydrogen-bond donors (Lipinski definition) is 1. The molecule has 0 amide bonds. The zero-order valence-electron chi connectivity index (χ0n) is 9.68. The number of benzene rings is 1. The number of aliphatic hydroxyl groups is 1. The highest BCUT2D eigenvalue weighted by molar-refractivity contribution is 6.42. The van der Waals surface area contributed by atoms with E-state index in [1.54, 1.807) is 12.3 Å². The van der Waals surface area contributed by atoms with Gasteiger partial charge in [0.1, 0.15) is 0 Å². The lowest BCUT2D eigenvalue weighted by Crippen LogP contribution is -2.15. The van der Waals surface area contributed by atoms with Crippen LogP contribution < -0.4 is 0 Å². The summed E-state index contributed by atoms with van der Waals surface area (Å²) in [5.41, 5.74) is 1.72. The standard InChI is InChI=1S/C14H13Cl2NO/c15-13-6-3-4-10(14(13)16)8-12(18)9-11-5-1-2-7-17-11/h1-7,12,18H,8-9H2. The molecule has 18 heavy (non-hydrogen) atoms. The molecule has 0 saturated carbocycles. The summed E-state index contributed by atoms with van der Waals surface area (Å²) in [7, 11) is 0. The molecule has 94 valence electrons. The van der Waals surface area contributed by atoms with Crippen molar-refractivity contribution in [2.24, 2.45) is 0 Å². The molecule has 2 aromatic rings. The van der Waals surface area contributed by atoms with Crippen molar-refractivity contribution in [2.75, 3.05) is 0 Å². The van der Waals surface area contributed by atoms with E-state index in [-0.39, 0.29) is 0 Å². The van der Waals surface area contributed by atoms with Crippen LogP contribution in [0.2, 0.25) is 10.0 Å². The molecule has 0 aliphatic rings. The summed E-state index contributed by atoms with van der Waals surface area (Å²) in [6.07, 6.45) is 2.17. The highest BCUT2D eigenvalue weighted by Gasteiger charge is 2.11. The Labute approximate surface area is 116 Å². The molecule has 1 unspecified atom stereocenters. The third-order valence-corrected chi connectivity index (χ3v) is 3.52. The minimum Gasteiger partial charge on any atom is -0.392 e. The van der Waals surface area contributed by atoms with Crippen molar-refractivity contribution in [1.29, 1.82) is 0 Å². The summed E-state index contributed by atoms with van der Waals surface area (Å²) in [4.78, 5) is 4.18. The van der Waals surface area contributed by atoms with Crippen molar-refractivity contribution in [1.82, 2.24) is 4.98 Å². The summed E-state index contributed by atoms with van der Waals surface area (Å²) in [5, 5.41) is 11.1. The first-order valence-corrected chi connectivity index (χ1v) is 6.43. The summed E-state index contributed by atoms with van der Waals surface area (Å²) < 4.78 is 0. The van der Waals surface area contributed by atoms with Crippen LogP contribution in [0.3, 0.4) is 0 Å². The Hall–Kier alpha value is -1.09. The Morgan fingerprint density at radius 2 is 1.89 bits per heavy atom. The van der Waals surface area contributed by atoms with E-state index in [1.165, 1.54) is 0 Å². The monoisotopic (exact) mass is 281 g/mol. The van der Waals surface area contributed by atoms with E-state index in [2.05, 4.69) is 4.98 Å². The third kappa shape index (κ3) is 3.45. The topological polar surface area (TPSA) is 33.1 Å². The summed E-state index contributed by atoms with van der Waals surface area (Å²) in [6.45, 7) is 0. The van der Waals surface area contributed by atoms with Gasteiger partial charge < -0.3 is 5.11 Å². The molecule has 0 bridgehead atoms. The fraction of sp³-hybridized carbons (Fsp3) is 0.214. The van der Waals surface area contributed by atoms with Gasteiger partial charge in [-0.3, -0.25) is 4.98 Å². The van der Waals surface area contributed by atoms with Gasteiger partial charge in [-0.15, -0.1) is 0 Å². The Kier molecular flexibility index (Phi) is 4.59. The van der Waals surface area contributed by atoms with E-state index >= 15 is 0 Å². The molecular formula is C14H13Cl2NO. The number of nitrogens with zero attached hydrogens (tertiary/aromatic N) is 1. The lowest BCUT2D eigenvalue weighted by Gasteiger charge is -2.12. The van der Waals surface area contributed by atoms with Crippen molar-refractivity contribution < 1.29 is 5.11 Å². The second-order valence-electron chi connectivity index (χ2n) is 4.10. The number of hydrogen-bond acceptors (Lipinski definition) is 2. The first-order chi connectivity index (χ1) is 8.66. The van der Waals surface area contributed by atoms with Crippen molar-refractivity contribution in [3.63, 3.8) is 0 Å². The Balaban J connectivity index is 2.03. The number of rotatable bonds is 4. The van der Waals surface area contributed by atoms with Crippen LogP contribution in [0.15, 0.2) is 42.6 Å². The Bertz CT molecular complexity index is 516. The molecule has 1 aromatic heterocycles. The maximum absolute atomic E-state index is 10.0. The second kappa shape index (κ2) is 6.19. The van der Waals surface area contributed by atoms with E-state index in [0.29, 0.717) is 22.9 Å². The molecular weight excluding hydrogens is 269 g/mol.